The largest absolute Gasteiger partial charge is 0.494 e. The van der Waals surface area contributed by atoms with Crippen molar-refractivity contribution in [3.05, 3.63) is 129 Å². The molecule has 0 heterocycles. The Balaban J connectivity index is 1.29. The Kier molecular flexibility index (Phi) is 20.4. The Bertz CT molecular complexity index is 2880. The Morgan fingerprint density at radius 3 is 1.42 bits per heavy atom. The average Bonchev–Trinajstić information content (AvgIpc) is 3.29. The molecule has 5 aromatic carbocycles. The number of benzene rings is 5. The molecule has 4 amide bonds. The van der Waals surface area contributed by atoms with Gasteiger partial charge < -0.3 is 30.7 Å². The number of anilines is 4. The van der Waals surface area contributed by atoms with Crippen molar-refractivity contribution in [1.82, 2.24) is 0 Å². The van der Waals surface area contributed by atoms with Crippen LogP contribution in [0.15, 0.2) is 111 Å². The minimum atomic E-state index is -1.62. The van der Waals surface area contributed by atoms with Gasteiger partial charge in [-0.25, -0.2) is 0 Å². The maximum Gasteiger partial charge on any atom is 0.258 e. The van der Waals surface area contributed by atoms with E-state index in [0.717, 1.165) is 13.8 Å². The van der Waals surface area contributed by atoms with Crippen LogP contribution < -0.4 is 30.7 Å². The lowest BCUT2D eigenvalue weighted by atomic mass is 10.1. The highest BCUT2D eigenvalue weighted by molar-refractivity contribution is 6.32. The molecule has 0 bridgehead atoms. The summed E-state index contributed by atoms with van der Waals surface area (Å²) in [5.41, 5.74) is 3.47. The summed E-state index contributed by atoms with van der Waals surface area (Å²) in [6.45, 7) is 10.3. The summed E-state index contributed by atoms with van der Waals surface area (Å²) < 4.78 is 11.2. The van der Waals surface area contributed by atoms with Gasteiger partial charge in [-0.05, 0) is 131 Å². The van der Waals surface area contributed by atoms with Crippen LogP contribution in [0.25, 0.3) is 0 Å². The van der Waals surface area contributed by atoms with Crippen molar-refractivity contribution in [2.45, 2.75) is 70.8 Å². The highest BCUT2D eigenvalue weighted by Crippen LogP contribution is 2.34. The molecule has 5 aromatic rings. The Labute approximate surface area is 435 Å². The fourth-order valence-electron chi connectivity index (χ4n) is 6.81. The van der Waals surface area contributed by atoms with Crippen LogP contribution in [0, 0.1) is 0 Å². The lowest BCUT2D eigenvalue weighted by Gasteiger charge is -2.16. The molecule has 0 aliphatic heterocycles. The Morgan fingerprint density at radius 2 is 1.01 bits per heavy atom. The van der Waals surface area contributed by atoms with Gasteiger partial charge in [-0.1, -0.05) is 35.3 Å². The van der Waals surface area contributed by atoms with Gasteiger partial charge in [0.15, 0.2) is 11.6 Å². The second-order valence-electron chi connectivity index (χ2n) is 15.6. The maximum atomic E-state index is 13.6. The quantitative estimate of drug-likeness (QED) is 0.0296. The number of carbonyl (C=O) groups is 6. The van der Waals surface area contributed by atoms with Gasteiger partial charge in [-0.3, -0.25) is 28.8 Å². The molecule has 4 N–H and O–H groups in total. The number of ether oxygens (including phenoxy) is 2. The molecule has 5 rings (SSSR count). The lowest BCUT2D eigenvalue weighted by molar-refractivity contribution is -0.127. The van der Waals surface area contributed by atoms with Crippen LogP contribution in [0.5, 0.6) is 11.5 Å². The van der Waals surface area contributed by atoms with Crippen molar-refractivity contribution in [2.75, 3.05) is 40.4 Å². The van der Waals surface area contributed by atoms with E-state index in [1.807, 2.05) is 13.8 Å². The van der Waals surface area contributed by atoms with Crippen LogP contribution in [-0.4, -0.2) is 66.4 Å². The minimum Gasteiger partial charge on any atom is -0.494 e. The number of nitrogens with one attached hydrogen (secondary N) is 4. The molecule has 16 nitrogen and oxygen atoms in total. The first kappa shape index (κ1) is 55.5. The van der Waals surface area contributed by atoms with E-state index in [9.17, 15) is 28.8 Å². The molecule has 21 heteroatoms. The van der Waals surface area contributed by atoms with E-state index in [-0.39, 0.29) is 56.2 Å². The molecule has 372 valence electrons. The van der Waals surface area contributed by atoms with E-state index >= 15 is 0 Å². The van der Waals surface area contributed by atoms with Crippen molar-refractivity contribution in [2.24, 2.45) is 20.5 Å². The number of amides is 4. The van der Waals surface area contributed by atoms with Crippen molar-refractivity contribution in [1.29, 1.82) is 0 Å². The lowest BCUT2D eigenvalue weighted by Crippen LogP contribution is -2.32. The molecule has 0 aliphatic rings. The van der Waals surface area contributed by atoms with Crippen LogP contribution in [0.2, 0.25) is 10.0 Å². The SMILES string of the molecule is CCOc1ccc(C(C)Cl)c(NC(=O)c2cc(Cl)cc(N=NC(C(C)=O)C(=O)Nc3ccc(NC(=O)C(N=Nc4cc(Cl)cc(C(=O)Nc5cc(OCC)ccc5C(C)Cl)c4)C(C)=O)c(CCCl)c3)c2)c1. The Hall–Kier alpha value is -6.43. The number of Topliss-reactive ketones (excluding diaryl/α,β-unsaturated/α-hetero) is 2. The fraction of sp³-hybridized carbons (Fsp3) is 0.280. The highest BCUT2D eigenvalue weighted by atomic mass is 35.5. The van der Waals surface area contributed by atoms with Gasteiger partial charge in [0, 0.05) is 61.9 Å². The summed E-state index contributed by atoms with van der Waals surface area (Å²) >= 11 is 31.6. The zero-order valence-electron chi connectivity index (χ0n) is 39.2. The normalized spacial score (nSPS) is 12.9. The van der Waals surface area contributed by atoms with Crippen molar-refractivity contribution in [3.63, 3.8) is 0 Å². The topological polar surface area (TPSA) is 218 Å². The zero-order chi connectivity index (χ0) is 51.9. The predicted octanol–water partition coefficient (Wildman–Crippen LogP) is 13.0. The van der Waals surface area contributed by atoms with Crippen LogP contribution in [0.3, 0.4) is 0 Å². The molecule has 0 spiro atoms. The molecule has 71 heavy (non-hydrogen) atoms. The van der Waals surface area contributed by atoms with Gasteiger partial charge >= 0.3 is 0 Å². The molecular weight excluding hydrogens is 1020 g/mol. The monoisotopic (exact) mass is 1060 g/mol. The predicted molar refractivity (Wildman–Crippen MR) is 279 cm³/mol. The number of carbonyl (C=O) groups excluding carboxylic acids is 6. The third kappa shape index (κ3) is 15.8. The van der Waals surface area contributed by atoms with E-state index in [1.54, 1.807) is 50.2 Å². The second kappa shape index (κ2) is 26.1. The van der Waals surface area contributed by atoms with Crippen LogP contribution in [-0.2, 0) is 25.6 Å². The number of rotatable bonds is 22. The van der Waals surface area contributed by atoms with Crippen LogP contribution >= 0.6 is 58.0 Å². The zero-order valence-corrected chi connectivity index (χ0v) is 43.0. The number of ketones is 2. The summed E-state index contributed by atoms with van der Waals surface area (Å²) in [5.74, 6) is -2.89. The van der Waals surface area contributed by atoms with Crippen molar-refractivity contribution >= 4 is 127 Å². The molecule has 4 unspecified atom stereocenters. The summed E-state index contributed by atoms with van der Waals surface area (Å²) in [5, 5.41) is 26.6. The molecule has 0 aromatic heterocycles. The van der Waals surface area contributed by atoms with Gasteiger partial charge in [-0.15, -0.1) is 34.8 Å². The summed E-state index contributed by atoms with van der Waals surface area (Å²) in [7, 11) is 0. The van der Waals surface area contributed by atoms with Gasteiger partial charge in [0.2, 0.25) is 12.1 Å². The van der Waals surface area contributed by atoms with Crippen molar-refractivity contribution < 1.29 is 38.2 Å². The highest BCUT2D eigenvalue weighted by Gasteiger charge is 2.26. The smallest absolute Gasteiger partial charge is 0.258 e. The van der Waals surface area contributed by atoms with E-state index in [1.165, 1.54) is 54.6 Å². The van der Waals surface area contributed by atoms with E-state index in [4.69, 9.17) is 67.5 Å². The third-order valence-electron chi connectivity index (χ3n) is 10.2. The molecule has 0 saturated carbocycles. The molecule has 0 saturated heterocycles. The number of hydrogen-bond acceptors (Lipinski definition) is 12. The molecule has 4 atom stereocenters. The second-order valence-corrected chi connectivity index (χ2v) is 18.2. The summed E-state index contributed by atoms with van der Waals surface area (Å²) in [6, 6.07) is 20.0. The van der Waals surface area contributed by atoms with Gasteiger partial charge in [0.05, 0.1) is 35.3 Å². The van der Waals surface area contributed by atoms with Gasteiger partial charge in [-0.2, -0.15) is 20.5 Å². The first-order valence-corrected chi connectivity index (χ1v) is 24.2. The van der Waals surface area contributed by atoms with E-state index in [2.05, 4.69) is 41.7 Å². The molecular formula is C50H49Cl5N8O8. The van der Waals surface area contributed by atoms with Crippen LogP contribution in [0.1, 0.15) is 89.7 Å². The van der Waals surface area contributed by atoms with Crippen molar-refractivity contribution in [3.8, 4) is 11.5 Å². The number of aryl methyl sites for hydroxylation is 1. The first-order valence-electron chi connectivity index (χ1n) is 22.0. The first-order chi connectivity index (χ1) is 33.8. The number of alkyl halides is 3. The molecule has 0 aliphatic carbocycles. The van der Waals surface area contributed by atoms with E-state index in [0.29, 0.717) is 52.8 Å². The number of nitrogens with zero attached hydrogens (tertiary/aromatic N) is 4. The van der Waals surface area contributed by atoms with Crippen LogP contribution in [0.4, 0.5) is 34.1 Å². The fourth-order valence-corrected chi connectivity index (χ4v) is 7.85. The maximum absolute atomic E-state index is 13.6. The standard InChI is InChI=1S/C50H49Cl5N8O8/c1-7-70-38-10-12-40(26(3)52)43(24-38)58-47(66)31-17-33(54)22-36(20-31)60-62-45(28(5)64)49(68)56-35-9-14-42(30(19-35)15-16-51)57-50(69)46(29(6)65)63-61-37-21-32(18-34(55)23-37)48(67)59-44-25-39(71-8-2)11-13-41(44)27(4)53/h9-14,17-27,45-46H,7-8,15-16H2,1-6H3,(H,56,68)(H,57,69)(H,58,66)(H,59,67). The number of hydrogen-bond donors (Lipinski definition) is 4. The van der Waals surface area contributed by atoms with E-state index < -0.39 is 58.0 Å². The summed E-state index contributed by atoms with van der Waals surface area (Å²) in [6.07, 6.45) is 0.201. The average molecular weight is 1070 g/mol. The number of halogens is 5. The Morgan fingerprint density at radius 1 is 0.563 bits per heavy atom. The van der Waals surface area contributed by atoms with Gasteiger partial charge in [0.25, 0.3) is 23.6 Å². The summed E-state index contributed by atoms with van der Waals surface area (Å²) in [4.78, 5) is 79.5. The minimum absolute atomic E-state index is 0.0822. The van der Waals surface area contributed by atoms with Gasteiger partial charge in [0.1, 0.15) is 11.5 Å². The number of azo groups is 2. The molecule has 0 radical (unpaired) electrons. The third-order valence-corrected chi connectivity index (χ3v) is 11.2. The molecule has 0 fully saturated rings.